The minimum absolute atomic E-state index is 0.359. The summed E-state index contributed by atoms with van der Waals surface area (Å²) in [6.07, 6.45) is 0. The van der Waals surface area contributed by atoms with Gasteiger partial charge in [0.05, 0.1) is 5.69 Å². The number of carboxylic acid groups (broad SMARTS) is 1. The number of nitrogens with zero attached hydrogens (tertiary/aromatic N) is 3. The highest BCUT2D eigenvalue weighted by Crippen LogP contribution is 2.07. The van der Waals surface area contributed by atoms with E-state index in [1.807, 2.05) is 4.90 Å². The Hall–Kier alpha value is -1.24. The Labute approximate surface area is 104 Å². The van der Waals surface area contributed by atoms with Crippen LogP contribution >= 0.6 is 11.6 Å². The molecule has 7 heteroatoms. The minimum Gasteiger partial charge on any atom is -0.480 e. The van der Waals surface area contributed by atoms with Crippen molar-refractivity contribution in [3.05, 3.63) is 23.0 Å². The van der Waals surface area contributed by atoms with Crippen LogP contribution < -0.4 is 5.32 Å². The first-order valence-electron chi connectivity index (χ1n) is 5.32. The highest BCUT2D eigenvalue weighted by atomic mass is 35.5. The van der Waals surface area contributed by atoms with Crippen LogP contribution in [0.2, 0.25) is 5.15 Å². The maximum absolute atomic E-state index is 10.9. The van der Waals surface area contributed by atoms with E-state index in [0.717, 1.165) is 12.2 Å². The minimum atomic E-state index is -0.822. The average molecular weight is 257 g/mol. The molecule has 1 aromatic rings. The quantitative estimate of drug-likeness (QED) is 0.792. The Balaban J connectivity index is 1.94. The summed E-state index contributed by atoms with van der Waals surface area (Å²) in [6, 6.07) is 2.97. The van der Waals surface area contributed by atoms with Crippen LogP contribution in [0.25, 0.3) is 0 Å². The number of aromatic nitrogens is 2. The van der Waals surface area contributed by atoms with Crippen LogP contribution in [-0.4, -0.2) is 51.8 Å². The van der Waals surface area contributed by atoms with Gasteiger partial charge in [-0.1, -0.05) is 11.6 Å². The number of hydrogen-bond acceptors (Lipinski definition) is 5. The maximum atomic E-state index is 10.9. The van der Waals surface area contributed by atoms with E-state index in [-0.39, 0.29) is 0 Å². The van der Waals surface area contributed by atoms with Crippen molar-refractivity contribution < 1.29 is 9.90 Å². The summed E-state index contributed by atoms with van der Waals surface area (Å²) in [5, 5.41) is 19.9. The third-order valence-corrected chi connectivity index (χ3v) is 2.83. The van der Waals surface area contributed by atoms with Gasteiger partial charge in [-0.3, -0.25) is 9.69 Å². The fourth-order valence-electron chi connectivity index (χ4n) is 1.78. The summed E-state index contributed by atoms with van der Waals surface area (Å²) in [5.74, 6) is -0.822. The van der Waals surface area contributed by atoms with Gasteiger partial charge in [-0.2, -0.15) is 5.10 Å². The molecule has 0 unspecified atom stereocenters. The topological polar surface area (TPSA) is 78.3 Å². The molecule has 0 saturated carbocycles. The first kappa shape index (κ1) is 12.2. The molecule has 92 valence electrons. The largest absolute Gasteiger partial charge is 0.480 e. The van der Waals surface area contributed by atoms with Crippen LogP contribution in [0.1, 0.15) is 5.69 Å². The Kier molecular flexibility index (Phi) is 3.88. The molecule has 1 saturated heterocycles. The van der Waals surface area contributed by atoms with Crippen LogP contribution in [0.3, 0.4) is 0 Å². The molecular formula is C10H13ClN4O2. The van der Waals surface area contributed by atoms with E-state index >= 15 is 0 Å². The molecule has 0 bridgehead atoms. The second-order valence-corrected chi connectivity index (χ2v) is 4.31. The van der Waals surface area contributed by atoms with Crippen molar-refractivity contribution in [2.24, 2.45) is 0 Å². The van der Waals surface area contributed by atoms with Crippen molar-refractivity contribution >= 4 is 17.6 Å². The van der Waals surface area contributed by atoms with E-state index in [2.05, 4.69) is 15.5 Å². The summed E-state index contributed by atoms with van der Waals surface area (Å²) < 4.78 is 0. The zero-order valence-corrected chi connectivity index (χ0v) is 9.89. The maximum Gasteiger partial charge on any atom is 0.322 e. The molecule has 0 amide bonds. The van der Waals surface area contributed by atoms with Crippen LogP contribution in [0.4, 0.5) is 0 Å². The smallest absolute Gasteiger partial charge is 0.322 e. The van der Waals surface area contributed by atoms with Crippen LogP contribution in [0.5, 0.6) is 0 Å². The first-order chi connectivity index (χ1) is 8.15. The zero-order chi connectivity index (χ0) is 12.3. The van der Waals surface area contributed by atoms with Gasteiger partial charge in [0.2, 0.25) is 0 Å². The monoisotopic (exact) mass is 256 g/mol. The highest BCUT2D eigenvalue weighted by Gasteiger charge is 2.24. The molecule has 0 radical (unpaired) electrons. The van der Waals surface area contributed by atoms with Gasteiger partial charge in [0, 0.05) is 26.2 Å². The van der Waals surface area contributed by atoms with Crippen LogP contribution in [0, 0.1) is 0 Å². The van der Waals surface area contributed by atoms with E-state index in [4.69, 9.17) is 16.7 Å². The summed E-state index contributed by atoms with van der Waals surface area (Å²) in [7, 11) is 0. The van der Waals surface area contributed by atoms with Gasteiger partial charge in [0.15, 0.2) is 5.15 Å². The molecule has 2 N–H and O–H groups in total. The molecule has 2 rings (SSSR count). The van der Waals surface area contributed by atoms with Gasteiger partial charge in [-0.25, -0.2) is 0 Å². The van der Waals surface area contributed by atoms with E-state index in [1.54, 1.807) is 12.1 Å². The number of carboxylic acids is 1. The van der Waals surface area contributed by atoms with E-state index in [1.165, 1.54) is 0 Å². The van der Waals surface area contributed by atoms with Crippen molar-refractivity contribution in [3.63, 3.8) is 0 Å². The molecular weight excluding hydrogens is 244 g/mol. The molecule has 1 atom stereocenters. The molecule has 0 aliphatic carbocycles. The molecule has 2 heterocycles. The summed E-state index contributed by atoms with van der Waals surface area (Å²) in [6.45, 7) is 2.53. The van der Waals surface area contributed by atoms with Gasteiger partial charge in [-0.05, 0) is 12.1 Å². The normalized spacial score (nSPS) is 21.4. The predicted molar refractivity (Wildman–Crippen MR) is 61.7 cm³/mol. The highest BCUT2D eigenvalue weighted by molar-refractivity contribution is 6.29. The van der Waals surface area contributed by atoms with Crippen molar-refractivity contribution in [3.8, 4) is 0 Å². The third kappa shape index (κ3) is 3.36. The van der Waals surface area contributed by atoms with E-state index in [9.17, 15) is 4.79 Å². The first-order valence-corrected chi connectivity index (χ1v) is 5.69. The lowest BCUT2D eigenvalue weighted by atomic mass is 10.2. The fourth-order valence-corrected chi connectivity index (χ4v) is 1.88. The number of hydrogen-bond donors (Lipinski definition) is 2. The number of halogens is 1. The Bertz CT molecular complexity index is 398. The Morgan fingerprint density at radius 3 is 3.06 bits per heavy atom. The lowest BCUT2D eigenvalue weighted by molar-refractivity contribution is -0.140. The second-order valence-electron chi connectivity index (χ2n) is 3.93. The Morgan fingerprint density at radius 1 is 1.59 bits per heavy atom. The van der Waals surface area contributed by atoms with Crippen molar-refractivity contribution in [2.45, 2.75) is 12.6 Å². The predicted octanol–water partition coefficient (Wildman–Crippen LogP) is -0.0116. The van der Waals surface area contributed by atoms with Crippen LogP contribution in [0.15, 0.2) is 12.1 Å². The van der Waals surface area contributed by atoms with E-state index in [0.29, 0.717) is 24.8 Å². The third-order valence-electron chi connectivity index (χ3n) is 2.63. The molecule has 6 nitrogen and oxygen atoms in total. The Morgan fingerprint density at radius 2 is 2.41 bits per heavy atom. The molecule has 0 aromatic carbocycles. The second kappa shape index (κ2) is 5.39. The van der Waals surface area contributed by atoms with Gasteiger partial charge < -0.3 is 10.4 Å². The van der Waals surface area contributed by atoms with Gasteiger partial charge >= 0.3 is 5.97 Å². The van der Waals surface area contributed by atoms with Crippen molar-refractivity contribution in [1.82, 2.24) is 20.4 Å². The standard InChI is InChI=1S/C10H13ClN4O2/c11-9-2-1-7(13-14-9)5-15-4-3-12-8(6-15)10(16)17/h1-2,8,12H,3-6H2,(H,16,17)/t8-/m1/s1. The number of piperazine rings is 1. The number of nitrogens with one attached hydrogen (secondary N) is 1. The summed E-state index contributed by atoms with van der Waals surface area (Å²) in [4.78, 5) is 12.9. The molecule has 0 spiro atoms. The molecule has 1 fully saturated rings. The van der Waals surface area contributed by atoms with Gasteiger partial charge in [0.25, 0.3) is 0 Å². The summed E-state index contributed by atoms with van der Waals surface area (Å²) >= 11 is 5.64. The lowest BCUT2D eigenvalue weighted by Gasteiger charge is -2.31. The average Bonchev–Trinajstić information content (AvgIpc) is 2.32. The zero-order valence-electron chi connectivity index (χ0n) is 9.14. The van der Waals surface area contributed by atoms with E-state index < -0.39 is 12.0 Å². The lowest BCUT2D eigenvalue weighted by Crippen LogP contribution is -2.53. The molecule has 1 aliphatic heterocycles. The molecule has 1 aliphatic rings. The fraction of sp³-hybridized carbons (Fsp3) is 0.500. The summed E-state index contributed by atoms with van der Waals surface area (Å²) in [5.41, 5.74) is 0.792. The SMILES string of the molecule is O=C(O)[C@H]1CN(Cc2ccc(Cl)nn2)CCN1. The van der Waals surface area contributed by atoms with Crippen LogP contribution in [-0.2, 0) is 11.3 Å². The van der Waals surface area contributed by atoms with Crippen molar-refractivity contribution in [1.29, 1.82) is 0 Å². The molecule has 1 aromatic heterocycles. The van der Waals surface area contributed by atoms with Gasteiger partial charge in [0.1, 0.15) is 6.04 Å². The number of rotatable bonds is 3. The molecule has 17 heavy (non-hydrogen) atoms. The van der Waals surface area contributed by atoms with Gasteiger partial charge in [-0.15, -0.1) is 5.10 Å². The number of aliphatic carboxylic acids is 1. The number of carbonyl (C=O) groups is 1. The van der Waals surface area contributed by atoms with Crippen molar-refractivity contribution in [2.75, 3.05) is 19.6 Å².